The number of esters is 1. The lowest BCUT2D eigenvalue weighted by atomic mass is 9.87. The minimum Gasteiger partial charge on any atom is -0.466 e. The fraction of sp³-hybridized carbons (Fsp3) is 0.389. The number of ether oxygens (including phenoxy) is 1. The fourth-order valence-electron chi connectivity index (χ4n) is 2.03. The van der Waals surface area contributed by atoms with E-state index in [2.05, 4.69) is 48.4 Å². The van der Waals surface area contributed by atoms with Crippen molar-refractivity contribution in [1.82, 2.24) is 4.98 Å². The number of hydrazone groups is 1. The van der Waals surface area contributed by atoms with Crippen molar-refractivity contribution in [1.29, 1.82) is 0 Å². The number of benzene rings is 1. The van der Waals surface area contributed by atoms with Crippen LogP contribution in [0, 0.1) is 0 Å². The van der Waals surface area contributed by atoms with E-state index in [1.807, 2.05) is 17.5 Å². The minimum absolute atomic E-state index is 0.143. The van der Waals surface area contributed by atoms with Gasteiger partial charge < -0.3 is 4.74 Å². The van der Waals surface area contributed by atoms with Gasteiger partial charge in [0, 0.05) is 5.38 Å². The van der Waals surface area contributed by atoms with E-state index in [4.69, 9.17) is 4.74 Å². The number of nitrogens with one attached hydrogen (secondary N) is 1. The van der Waals surface area contributed by atoms with Gasteiger partial charge in [-0.3, -0.25) is 10.2 Å². The summed E-state index contributed by atoms with van der Waals surface area (Å²) in [7, 11) is 0. The van der Waals surface area contributed by atoms with E-state index in [9.17, 15) is 4.79 Å². The third kappa shape index (κ3) is 5.45. The van der Waals surface area contributed by atoms with Gasteiger partial charge in [-0.15, -0.1) is 11.3 Å². The standard InChI is InChI=1S/C18H23N3O2S/c1-5-23-16(22)10-15-12-24-17(20-15)21-19-11-13-6-8-14(9-7-13)18(2,3)4/h6-9,11-12H,5,10H2,1-4H3,(H,20,21)/b19-11-. The largest absolute Gasteiger partial charge is 0.466 e. The first-order valence-corrected chi connectivity index (χ1v) is 8.76. The SMILES string of the molecule is CCOC(=O)Cc1csc(N/N=C\c2ccc(C(C)(C)C)cc2)n1. The Kier molecular flexibility index (Phi) is 6.09. The number of carbonyl (C=O) groups is 1. The van der Waals surface area contributed by atoms with Crippen molar-refractivity contribution in [2.24, 2.45) is 5.10 Å². The van der Waals surface area contributed by atoms with E-state index in [1.165, 1.54) is 16.9 Å². The molecule has 1 aromatic carbocycles. The van der Waals surface area contributed by atoms with Crippen molar-refractivity contribution in [2.75, 3.05) is 12.0 Å². The minimum atomic E-state index is -0.267. The van der Waals surface area contributed by atoms with Gasteiger partial charge in [-0.2, -0.15) is 5.10 Å². The van der Waals surface area contributed by atoms with Crippen LogP contribution in [0.5, 0.6) is 0 Å². The van der Waals surface area contributed by atoms with Crippen molar-refractivity contribution >= 4 is 28.7 Å². The molecule has 0 radical (unpaired) electrons. The zero-order valence-electron chi connectivity index (χ0n) is 14.5. The summed E-state index contributed by atoms with van der Waals surface area (Å²) in [6.45, 7) is 8.73. The number of hydrogen-bond donors (Lipinski definition) is 1. The van der Waals surface area contributed by atoms with Crippen molar-refractivity contribution in [3.05, 3.63) is 46.5 Å². The summed E-state index contributed by atoms with van der Waals surface area (Å²) in [5.74, 6) is -0.267. The van der Waals surface area contributed by atoms with Gasteiger partial charge in [0.05, 0.1) is 24.9 Å². The Hall–Kier alpha value is -2.21. The molecule has 1 heterocycles. The second kappa shape index (κ2) is 8.06. The van der Waals surface area contributed by atoms with Crippen molar-refractivity contribution in [3.63, 3.8) is 0 Å². The van der Waals surface area contributed by atoms with Crippen LogP contribution in [0.4, 0.5) is 5.13 Å². The van der Waals surface area contributed by atoms with Crippen molar-refractivity contribution in [3.8, 4) is 0 Å². The van der Waals surface area contributed by atoms with E-state index < -0.39 is 0 Å². The topological polar surface area (TPSA) is 63.6 Å². The second-order valence-electron chi connectivity index (χ2n) is 6.37. The highest BCUT2D eigenvalue weighted by Gasteiger charge is 2.12. The lowest BCUT2D eigenvalue weighted by Gasteiger charge is -2.18. The number of nitrogens with zero attached hydrogens (tertiary/aromatic N) is 2. The van der Waals surface area contributed by atoms with E-state index in [0.717, 1.165) is 5.56 Å². The van der Waals surface area contributed by atoms with Gasteiger partial charge in [0.25, 0.3) is 0 Å². The molecule has 0 bridgehead atoms. The number of hydrogen-bond acceptors (Lipinski definition) is 6. The molecule has 2 rings (SSSR count). The maximum absolute atomic E-state index is 11.4. The summed E-state index contributed by atoms with van der Waals surface area (Å²) in [5.41, 5.74) is 6.02. The van der Waals surface area contributed by atoms with Gasteiger partial charge in [-0.25, -0.2) is 4.98 Å². The zero-order chi connectivity index (χ0) is 17.6. The van der Waals surface area contributed by atoms with E-state index in [1.54, 1.807) is 13.1 Å². The molecular weight excluding hydrogens is 322 g/mol. The Balaban J connectivity index is 1.90. The molecule has 0 spiro atoms. The Morgan fingerprint density at radius 2 is 2.04 bits per heavy atom. The molecule has 0 fully saturated rings. The highest BCUT2D eigenvalue weighted by atomic mass is 32.1. The smallest absolute Gasteiger partial charge is 0.311 e. The van der Waals surface area contributed by atoms with Crippen LogP contribution in [0.25, 0.3) is 0 Å². The van der Waals surface area contributed by atoms with Crippen molar-refractivity contribution < 1.29 is 9.53 Å². The predicted octanol–water partition coefficient (Wildman–Crippen LogP) is 3.99. The number of carbonyl (C=O) groups excluding carboxylic acids is 1. The van der Waals surface area contributed by atoms with Crippen LogP contribution >= 0.6 is 11.3 Å². The molecule has 0 aliphatic rings. The molecule has 5 nitrogen and oxygen atoms in total. The van der Waals surface area contributed by atoms with Gasteiger partial charge in [0.2, 0.25) is 5.13 Å². The zero-order valence-corrected chi connectivity index (χ0v) is 15.3. The summed E-state index contributed by atoms with van der Waals surface area (Å²) in [5, 5.41) is 6.67. The third-order valence-electron chi connectivity index (χ3n) is 3.33. The van der Waals surface area contributed by atoms with Crippen LogP contribution in [0.3, 0.4) is 0 Å². The highest BCUT2D eigenvalue weighted by molar-refractivity contribution is 7.13. The number of thiazole rings is 1. The molecule has 24 heavy (non-hydrogen) atoms. The average molecular weight is 345 g/mol. The van der Waals surface area contributed by atoms with E-state index in [0.29, 0.717) is 17.4 Å². The molecule has 0 aliphatic heterocycles. The molecule has 0 unspecified atom stereocenters. The highest BCUT2D eigenvalue weighted by Crippen LogP contribution is 2.22. The molecular formula is C18H23N3O2S. The fourth-order valence-corrected chi connectivity index (χ4v) is 2.69. The monoisotopic (exact) mass is 345 g/mol. The molecule has 0 atom stereocenters. The van der Waals surface area contributed by atoms with E-state index >= 15 is 0 Å². The van der Waals surface area contributed by atoms with Gasteiger partial charge >= 0.3 is 5.97 Å². The van der Waals surface area contributed by atoms with Gasteiger partial charge in [0.1, 0.15) is 0 Å². The van der Waals surface area contributed by atoms with Crippen LogP contribution in [0.2, 0.25) is 0 Å². The maximum atomic E-state index is 11.4. The Labute approximate surface area is 146 Å². The first kappa shape index (κ1) is 18.1. The Morgan fingerprint density at radius 1 is 1.33 bits per heavy atom. The van der Waals surface area contributed by atoms with Crippen molar-refractivity contribution in [2.45, 2.75) is 39.5 Å². The second-order valence-corrected chi connectivity index (χ2v) is 7.23. The lowest BCUT2D eigenvalue weighted by molar-refractivity contribution is -0.142. The molecule has 1 N–H and O–H groups in total. The quantitative estimate of drug-likeness (QED) is 0.488. The van der Waals surface area contributed by atoms with Crippen LogP contribution in [0.15, 0.2) is 34.7 Å². The van der Waals surface area contributed by atoms with Crippen LogP contribution in [-0.4, -0.2) is 23.8 Å². The molecule has 1 aromatic heterocycles. The molecule has 0 saturated heterocycles. The van der Waals surface area contributed by atoms with Crippen LogP contribution < -0.4 is 5.43 Å². The summed E-state index contributed by atoms with van der Waals surface area (Å²) < 4.78 is 4.90. The third-order valence-corrected chi connectivity index (χ3v) is 4.13. The summed E-state index contributed by atoms with van der Waals surface area (Å²) in [4.78, 5) is 15.7. The van der Waals surface area contributed by atoms with Gasteiger partial charge in [0.15, 0.2) is 0 Å². The van der Waals surface area contributed by atoms with Crippen LogP contribution in [0.1, 0.15) is 44.5 Å². The van der Waals surface area contributed by atoms with Crippen LogP contribution in [-0.2, 0) is 21.4 Å². The van der Waals surface area contributed by atoms with Gasteiger partial charge in [-0.05, 0) is 23.5 Å². The van der Waals surface area contributed by atoms with Gasteiger partial charge in [-0.1, -0.05) is 45.0 Å². The number of aromatic nitrogens is 1. The molecule has 6 heteroatoms. The first-order valence-electron chi connectivity index (χ1n) is 7.88. The number of anilines is 1. The molecule has 2 aromatic rings. The normalized spacial score (nSPS) is 11.7. The predicted molar refractivity (Wildman–Crippen MR) is 98.8 cm³/mol. The molecule has 0 aliphatic carbocycles. The first-order chi connectivity index (χ1) is 11.4. The number of rotatable bonds is 6. The molecule has 0 saturated carbocycles. The summed E-state index contributed by atoms with van der Waals surface area (Å²) in [6, 6.07) is 8.31. The lowest BCUT2D eigenvalue weighted by Crippen LogP contribution is -2.10. The Bertz CT molecular complexity index is 700. The molecule has 128 valence electrons. The summed E-state index contributed by atoms with van der Waals surface area (Å²) in [6.07, 6.45) is 1.93. The average Bonchev–Trinajstić information content (AvgIpc) is 2.94. The Morgan fingerprint density at radius 3 is 2.67 bits per heavy atom. The molecule has 0 amide bonds. The van der Waals surface area contributed by atoms with E-state index in [-0.39, 0.29) is 17.8 Å². The maximum Gasteiger partial charge on any atom is 0.311 e. The summed E-state index contributed by atoms with van der Waals surface area (Å²) >= 11 is 1.41.